The number of ether oxygens (including phenoxy) is 1. The van der Waals surface area contributed by atoms with Crippen molar-refractivity contribution in [1.82, 2.24) is 5.32 Å². The summed E-state index contributed by atoms with van der Waals surface area (Å²) in [6.07, 6.45) is 1.17. The highest BCUT2D eigenvalue weighted by Gasteiger charge is 2.43. The highest BCUT2D eigenvalue weighted by molar-refractivity contribution is 9.10. The fraction of sp³-hybridized carbons (Fsp3) is 0.381. The molecule has 0 saturated heterocycles. The maximum absolute atomic E-state index is 12.3. The van der Waals surface area contributed by atoms with E-state index < -0.39 is 0 Å². The molecule has 2 aromatic carbocycles. The average Bonchev–Trinajstić information content (AvgIpc) is 3.39. The zero-order valence-electron chi connectivity index (χ0n) is 14.7. The number of amides is 1. The van der Waals surface area contributed by atoms with Crippen LogP contribution in [0.15, 0.2) is 53.0 Å². The van der Waals surface area contributed by atoms with Crippen LogP contribution in [-0.4, -0.2) is 12.0 Å². The van der Waals surface area contributed by atoms with Crippen molar-refractivity contribution in [3.63, 3.8) is 0 Å². The van der Waals surface area contributed by atoms with Gasteiger partial charge in [-0.05, 0) is 55.0 Å². The standard InChI is InChI=1S/C21H24BrNO2/c1-14(2)25-13-16-8-6-15(7-9-16)12-23-21(24)20-11-19(20)17-4-3-5-18(22)10-17/h3-10,14,19-20H,11-13H2,1-2H3,(H,23,24). The van der Waals surface area contributed by atoms with Gasteiger partial charge in [-0.3, -0.25) is 4.79 Å². The summed E-state index contributed by atoms with van der Waals surface area (Å²) in [6, 6.07) is 16.5. The molecule has 1 saturated carbocycles. The lowest BCUT2D eigenvalue weighted by Crippen LogP contribution is -2.24. The Balaban J connectivity index is 1.47. The first-order chi connectivity index (χ1) is 12.0. The predicted molar refractivity (Wildman–Crippen MR) is 103 cm³/mol. The van der Waals surface area contributed by atoms with E-state index in [0.717, 1.165) is 22.0 Å². The highest BCUT2D eigenvalue weighted by Crippen LogP contribution is 2.47. The zero-order valence-corrected chi connectivity index (χ0v) is 16.3. The van der Waals surface area contributed by atoms with Crippen LogP contribution >= 0.6 is 15.9 Å². The van der Waals surface area contributed by atoms with Gasteiger partial charge in [-0.15, -0.1) is 0 Å². The van der Waals surface area contributed by atoms with Crippen molar-refractivity contribution < 1.29 is 9.53 Å². The molecular formula is C21H24BrNO2. The van der Waals surface area contributed by atoms with Crippen LogP contribution in [-0.2, 0) is 22.7 Å². The van der Waals surface area contributed by atoms with Gasteiger partial charge in [0.05, 0.1) is 12.7 Å². The Morgan fingerprint density at radius 3 is 2.60 bits per heavy atom. The van der Waals surface area contributed by atoms with Crippen molar-refractivity contribution in [3.05, 3.63) is 69.7 Å². The normalized spacial score (nSPS) is 19.0. The van der Waals surface area contributed by atoms with Crippen molar-refractivity contribution in [2.45, 2.75) is 45.4 Å². The summed E-state index contributed by atoms with van der Waals surface area (Å²) in [4.78, 5) is 12.3. The summed E-state index contributed by atoms with van der Waals surface area (Å²) >= 11 is 3.49. The van der Waals surface area contributed by atoms with E-state index in [0.29, 0.717) is 19.1 Å². The lowest BCUT2D eigenvalue weighted by atomic mass is 10.1. The van der Waals surface area contributed by atoms with Gasteiger partial charge in [0.2, 0.25) is 5.91 Å². The van der Waals surface area contributed by atoms with E-state index in [9.17, 15) is 4.79 Å². The molecule has 1 aliphatic rings. The second-order valence-corrected chi connectivity index (χ2v) is 7.81. The number of carbonyl (C=O) groups excluding carboxylic acids is 1. The quantitative estimate of drug-likeness (QED) is 0.723. The van der Waals surface area contributed by atoms with Gasteiger partial charge in [-0.25, -0.2) is 0 Å². The van der Waals surface area contributed by atoms with Gasteiger partial charge in [0.15, 0.2) is 0 Å². The summed E-state index contributed by atoms with van der Waals surface area (Å²) in [5.74, 6) is 0.610. The number of carbonyl (C=O) groups is 1. The minimum absolute atomic E-state index is 0.105. The third-order valence-corrected chi connectivity index (χ3v) is 4.97. The fourth-order valence-electron chi connectivity index (χ4n) is 2.93. The molecule has 2 atom stereocenters. The van der Waals surface area contributed by atoms with Crippen molar-refractivity contribution in [3.8, 4) is 0 Å². The van der Waals surface area contributed by atoms with Crippen LogP contribution < -0.4 is 5.32 Å². The van der Waals surface area contributed by atoms with Crippen molar-refractivity contribution >= 4 is 21.8 Å². The maximum Gasteiger partial charge on any atom is 0.224 e. The molecule has 2 aromatic rings. The lowest BCUT2D eigenvalue weighted by Gasteiger charge is -2.09. The number of halogens is 1. The van der Waals surface area contributed by atoms with E-state index in [4.69, 9.17) is 4.74 Å². The second-order valence-electron chi connectivity index (χ2n) is 6.90. The van der Waals surface area contributed by atoms with Crippen LogP contribution in [0.4, 0.5) is 0 Å². The van der Waals surface area contributed by atoms with E-state index in [-0.39, 0.29) is 17.9 Å². The van der Waals surface area contributed by atoms with Crippen molar-refractivity contribution in [1.29, 1.82) is 0 Å². The van der Waals surface area contributed by atoms with Gasteiger partial charge in [-0.1, -0.05) is 52.3 Å². The van der Waals surface area contributed by atoms with Crippen molar-refractivity contribution in [2.75, 3.05) is 0 Å². The summed E-state index contributed by atoms with van der Waals surface area (Å²) < 4.78 is 6.66. The Kier molecular flexibility index (Phi) is 5.92. The third kappa shape index (κ3) is 5.16. The predicted octanol–water partition coefficient (Wildman–Crippen LogP) is 4.79. The lowest BCUT2D eigenvalue weighted by molar-refractivity contribution is -0.122. The molecule has 3 nitrogen and oxygen atoms in total. The van der Waals surface area contributed by atoms with Crippen LogP contribution in [0.25, 0.3) is 0 Å². The van der Waals surface area contributed by atoms with Crippen LogP contribution in [0, 0.1) is 5.92 Å². The SMILES string of the molecule is CC(C)OCc1ccc(CNC(=O)C2CC2c2cccc(Br)c2)cc1. The third-order valence-electron chi connectivity index (χ3n) is 4.48. The number of hydrogen-bond donors (Lipinski definition) is 1. The van der Waals surface area contributed by atoms with Crippen LogP contribution in [0.2, 0.25) is 0 Å². The molecule has 0 aliphatic heterocycles. The minimum Gasteiger partial charge on any atom is -0.374 e. The summed E-state index contributed by atoms with van der Waals surface area (Å²) in [6.45, 7) is 5.26. The molecule has 25 heavy (non-hydrogen) atoms. The first-order valence-corrected chi connectivity index (χ1v) is 9.55. The first-order valence-electron chi connectivity index (χ1n) is 8.75. The van der Waals surface area contributed by atoms with E-state index in [1.54, 1.807) is 0 Å². The number of nitrogens with one attached hydrogen (secondary N) is 1. The number of benzene rings is 2. The molecule has 132 valence electrons. The maximum atomic E-state index is 12.3. The first kappa shape index (κ1) is 18.2. The second kappa shape index (κ2) is 8.15. The number of hydrogen-bond acceptors (Lipinski definition) is 2. The molecule has 2 unspecified atom stereocenters. The molecule has 1 fully saturated rings. The van der Waals surface area contributed by atoms with Gasteiger partial charge < -0.3 is 10.1 Å². The Bertz CT molecular complexity index is 727. The van der Waals surface area contributed by atoms with Gasteiger partial charge in [0, 0.05) is 16.9 Å². The monoisotopic (exact) mass is 401 g/mol. The molecule has 1 aliphatic carbocycles. The summed E-state index contributed by atoms with van der Waals surface area (Å²) in [5.41, 5.74) is 3.51. The molecule has 4 heteroatoms. The van der Waals surface area contributed by atoms with Crippen LogP contribution in [0.5, 0.6) is 0 Å². The number of rotatable bonds is 7. The van der Waals surface area contributed by atoms with Crippen LogP contribution in [0.1, 0.15) is 42.9 Å². The average molecular weight is 402 g/mol. The van der Waals surface area contributed by atoms with E-state index in [2.05, 4.69) is 57.6 Å². The van der Waals surface area contributed by atoms with Gasteiger partial charge >= 0.3 is 0 Å². The van der Waals surface area contributed by atoms with Gasteiger partial charge in [0.25, 0.3) is 0 Å². The van der Waals surface area contributed by atoms with E-state index >= 15 is 0 Å². The highest BCUT2D eigenvalue weighted by atomic mass is 79.9. The largest absolute Gasteiger partial charge is 0.374 e. The Labute approximate surface area is 157 Å². The Hall–Kier alpha value is -1.65. The Morgan fingerprint density at radius 1 is 1.20 bits per heavy atom. The summed E-state index contributed by atoms with van der Waals surface area (Å²) in [7, 11) is 0. The van der Waals surface area contributed by atoms with Gasteiger partial charge in [-0.2, -0.15) is 0 Å². The molecule has 1 N–H and O–H groups in total. The zero-order chi connectivity index (χ0) is 17.8. The topological polar surface area (TPSA) is 38.3 Å². The minimum atomic E-state index is 0.105. The molecule has 0 spiro atoms. The molecule has 0 bridgehead atoms. The van der Waals surface area contributed by atoms with Gasteiger partial charge in [0.1, 0.15) is 0 Å². The molecule has 0 heterocycles. The van der Waals surface area contributed by atoms with E-state index in [1.807, 2.05) is 26.0 Å². The molecule has 0 radical (unpaired) electrons. The molecule has 0 aromatic heterocycles. The smallest absolute Gasteiger partial charge is 0.224 e. The molecular weight excluding hydrogens is 378 g/mol. The van der Waals surface area contributed by atoms with Crippen LogP contribution in [0.3, 0.4) is 0 Å². The Morgan fingerprint density at radius 2 is 1.92 bits per heavy atom. The fourth-order valence-corrected chi connectivity index (χ4v) is 3.34. The summed E-state index contributed by atoms with van der Waals surface area (Å²) in [5, 5.41) is 3.06. The van der Waals surface area contributed by atoms with Crippen molar-refractivity contribution in [2.24, 2.45) is 5.92 Å². The molecule has 1 amide bonds. The molecule has 3 rings (SSSR count). The van der Waals surface area contributed by atoms with E-state index in [1.165, 1.54) is 5.56 Å².